The Balaban J connectivity index is 1.39. The van der Waals surface area contributed by atoms with E-state index in [1.807, 2.05) is 35.9 Å². The van der Waals surface area contributed by atoms with E-state index < -0.39 is 0 Å². The average molecular weight is 422 g/mol. The van der Waals surface area contributed by atoms with Crippen molar-refractivity contribution in [1.29, 1.82) is 0 Å². The molecule has 0 aliphatic rings. The first-order valence-corrected chi connectivity index (χ1v) is 10.1. The number of aryl methyl sites for hydroxylation is 1. The number of rotatable bonds is 6. The quantitative estimate of drug-likeness (QED) is 0.484. The number of amides is 1. The number of carbonyl (C=O) groups is 1. The average Bonchev–Trinajstić information content (AvgIpc) is 3.36. The zero-order chi connectivity index (χ0) is 21.1. The van der Waals surface area contributed by atoms with E-state index >= 15 is 0 Å². The number of ether oxygens (including phenoxy) is 1. The Labute approximate surface area is 177 Å². The molecule has 0 fully saturated rings. The third kappa shape index (κ3) is 4.23. The lowest BCUT2D eigenvalue weighted by molar-refractivity contribution is 0.0950. The standard InChI is InChI=1S/C22H19FN4O2S/c1-14-11-19(15(2)27(14)22-24-9-10-30-22)21(28)26-13-16-3-8-20(25-12-16)29-18-6-4-17(23)5-7-18/h3-12H,13H2,1-2H3,(H,26,28). The molecule has 0 saturated carbocycles. The van der Waals surface area contributed by atoms with Gasteiger partial charge in [0.05, 0.1) is 5.56 Å². The van der Waals surface area contributed by atoms with E-state index in [2.05, 4.69) is 15.3 Å². The van der Waals surface area contributed by atoms with Gasteiger partial charge < -0.3 is 10.1 Å². The molecular formula is C22H19FN4O2S. The summed E-state index contributed by atoms with van der Waals surface area (Å²) in [7, 11) is 0. The molecule has 0 radical (unpaired) electrons. The van der Waals surface area contributed by atoms with Gasteiger partial charge in [-0.05, 0) is 49.7 Å². The summed E-state index contributed by atoms with van der Waals surface area (Å²) in [4.78, 5) is 21.3. The Bertz CT molecular complexity index is 1150. The van der Waals surface area contributed by atoms with Gasteiger partial charge in [0.1, 0.15) is 11.6 Å². The Kier molecular flexibility index (Phi) is 5.58. The predicted octanol–water partition coefficient (Wildman–Crippen LogP) is 4.81. The first-order chi connectivity index (χ1) is 14.5. The molecule has 30 heavy (non-hydrogen) atoms. The van der Waals surface area contributed by atoms with Crippen LogP contribution in [-0.4, -0.2) is 20.4 Å². The fraction of sp³-hybridized carbons (Fsp3) is 0.136. The Hall–Kier alpha value is -3.52. The number of hydrogen-bond donors (Lipinski definition) is 1. The molecule has 0 aliphatic carbocycles. The number of nitrogens with one attached hydrogen (secondary N) is 1. The summed E-state index contributed by atoms with van der Waals surface area (Å²) in [5.74, 6) is 0.413. The van der Waals surface area contributed by atoms with Crippen molar-refractivity contribution in [3.8, 4) is 16.8 Å². The molecule has 0 spiro atoms. The van der Waals surface area contributed by atoms with E-state index in [4.69, 9.17) is 4.74 Å². The smallest absolute Gasteiger partial charge is 0.253 e. The third-order valence-electron chi connectivity index (χ3n) is 4.57. The van der Waals surface area contributed by atoms with Gasteiger partial charge in [-0.2, -0.15) is 0 Å². The van der Waals surface area contributed by atoms with Gasteiger partial charge in [-0.25, -0.2) is 14.4 Å². The number of halogens is 1. The van der Waals surface area contributed by atoms with Gasteiger partial charge in [-0.15, -0.1) is 11.3 Å². The summed E-state index contributed by atoms with van der Waals surface area (Å²) in [6.07, 6.45) is 3.38. The second-order valence-electron chi connectivity index (χ2n) is 6.68. The van der Waals surface area contributed by atoms with Crippen LogP contribution >= 0.6 is 11.3 Å². The lowest BCUT2D eigenvalue weighted by Crippen LogP contribution is -2.23. The van der Waals surface area contributed by atoms with Gasteiger partial charge in [0.25, 0.3) is 5.91 Å². The van der Waals surface area contributed by atoms with E-state index in [0.717, 1.165) is 22.1 Å². The molecule has 4 rings (SSSR count). The van der Waals surface area contributed by atoms with Crippen LogP contribution in [0.4, 0.5) is 4.39 Å². The number of nitrogens with zero attached hydrogens (tertiary/aromatic N) is 3. The van der Waals surface area contributed by atoms with Gasteiger partial charge in [0.15, 0.2) is 5.13 Å². The van der Waals surface area contributed by atoms with Crippen LogP contribution in [0.25, 0.3) is 5.13 Å². The van der Waals surface area contributed by atoms with Crippen LogP contribution in [0.1, 0.15) is 27.3 Å². The maximum Gasteiger partial charge on any atom is 0.253 e. The molecule has 0 unspecified atom stereocenters. The SMILES string of the molecule is Cc1cc(C(=O)NCc2ccc(Oc3ccc(F)cc3)nc2)c(C)n1-c1nccs1. The van der Waals surface area contributed by atoms with E-state index in [0.29, 0.717) is 23.7 Å². The number of thiazole rings is 1. The van der Waals surface area contributed by atoms with Crippen LogP contribution in [-0.2, 0) is 6.54 Å². The van der Waals surface area contributed by atoms with Crippen LogP contribution in [0.15, 0.2) is 60.2 Å². The highest BCUT2D eigenvalue weighted by Crippen LogP contribution is 2.23. The zero-order valence-electron chi connectivity index (χ0n) is 16.4. The molecule has 1 amide bonds. The molecule has 1 aromatic carbocycles. The van der Waals surface area contributed by atoms with Crippen molar-refractivity contribution < 1.29 is 13.9 Å². The van der Waals surface area contributed by atoms with E-state index in [1.54, 1.807) is 18.5 Å². The third-order valence-corrected chi connectivity index (χ3v) is 5.33. The number of benzene rings is 1. The van der Waals surface area contributed by atoms with Crippen LogP contribution in [0.3, 0.4) is 0 Å². The van der Waals surface area contributed by atoms with Gasteiger partial charge in [-0.1, -0.05) is 6.07 Å². The summed E-state index contributed by atoms with van der Waals surface area (Å²) < 4.78 is 20.5. The Morgan fingerprint density at radius 3 is 2.63 bits per heavy atom. The van der Waals surface area contributed by atoms with Crippen LogP contribution in [0.5, 0.6) is 11.6 Å². The summed E-state index contributed by atoms with van der Waals surface area (Å²) in [6, 6.07) is 11.1. The summed E-state index contributed by atoms with van der Waals surface area (Å²) in [5.41, 5.74) is 3.26. The molecule has 0 atom stereocenters. The van der Waals surface area contributed by atoms with Crippen molar-refractivity contribution in [2.45, 2.75) is 20.4 Å². The number of hydrogen-bond acceptors (Lipinski definition) is 5. The van der Waals surface area contributed by atoms with Gasteiger partial charge in [0.2, 0.25) is 5.88 Å². The molecule has 0 aliphatic heterocycles. The topological polar surface area (TPSA) is 69.0 Å². The van der Waals surface area contributed by atoms with Crippen molar-refractivity contribution in [2.75, 3.05) is 0 Å². The minimum Gasteiger partial charge on any atom is -0.439 e. The second-order valence-corrected chi connectivity index (χ2v) is 7.55. The van der Waals surface area contributed by atoms with Crippen molar-refractivity contribution in [3.05, 3.63) is 88.6 Å². The first-order valence-electron chi connectivity index (χ1n) is 9.26. The van der Waals surface area contributed by atoms with Crippen molar-refractivity contribution in [3.63, 3.8) is 0 Å². The van der Waals surface area contributed by atoms with E-state index in [-0.39, 0.29) is 11.7 Å². The lowest BCUT2D eigenvalue weighted by atomic mass is 10.2. The molecule has 1 N–H and O–H groups in total. The van der Waals surface area contributed by atoms with Gasteiger partial charge in [0, 0.05) is 41.8 Å². The minimum atomic E-state index is -0.325. The Morgan fingerprint density at radius 2 is 1.97 bits per heavy atom. The largest absolute Gasteiger partial charge is 0.439 e. The molecule has 0 bridgehead atoms. The molecule has 6 nitrogen and oxygen atoms in total. The predicted molar refractivity (Wildman–Crippen MR) is 113 cm³/mol. The molecule has 152 valence electrons. The maximum atomic E-state index is 13.0. The van der Waals surface area contributed by atoms with E-state index in [9.17, 15) is 9.18 Å². The summed E-state index contributed by atoms with van der Waals surface area (Å²) in [5, 5.41) is 5.67. The maximum absolute atomic E-state index is 13.0. The lowest BCUT2D eigenvalue weighted by Gasteiger charge is -2.08. The number of carbonyl (C=O) groups excluding carboxylic acids is 1. The van der Waals surface area contributed by atoms with Crippen LogP contribution in [0.2, 0.25) is 0 Å². The fourth-order valence-electron chi connectivity index (χ4n) is 3.09. The summed E-state index contributed by atoms with van der Waals surface area (Å²) in [6.45, 7) is 4.20. The Morgan fingerprint density at radius 1 is 1.17 bits per heavy atom. The fourth-order valence-corrected chi connectivity index (χ4v) is 3.84. The highest BCUT2D eigenvalue weighted by molar-refractivity contribution is 7.12. The molecule has 0 saturated heterocycles. The van der Waals surface area contributed by atoms with Crippen LogP contribution < -0.4 is 10.1 Å². The molecular weight excluding hydrogens is 403 g/mol. The zero-order valence-corrected chi connectivity index (χ0v) is 17.2. The second kappa shape index (κ2) is 8.46. The van der Waals surface area contributed by atoms with Gasteiger partial charge in [-0.3, -0.25) is 9.36 Å². The van der Waals surface area contributed by atoms with Crippen molar-refractivity contribution >= 4 is 17.2 Å². The highest BCUT2D eigenvalue weighted by Gasteiger charge is 2.17. The van der Waals surface area contributed by atoms with Gasteiger partial charge >= 0.3 is 0 Å². The first kappa shape index (κ1) is 19.8. The van der Waals surface area contributed by atoms with Crippen molar-refractivity contribution in [2.24, 2.45) is 0 Å². The summed E-state index contributed by atoms with van der Waals surface area (Å²) >= 11 is 1.52. The molecule has 3 aromatic heterocycles. The molecule has 8 heteroatoms. The normalized spacial score (nSPS) is 10.8. The van der Waals surface area contributed by atoms with Crippen molar-refractivity contribution in [1.82, 2.24) is 19.9 Å². The van der Waals surface area contributed by atoms with E-state index in [1.165, 1.54) is 35.6 Å². The number of aromatic nitrogens is 3. The highest BCUT2D eigenvalue weighted by atomic mass is 32.1. The minimum absolute atomic E-state index is 0.155. The number of pyridine rings is 1. The van der Waals surface area contributed by atoms with Crippen LogP contribution in [0, 0.1) is 19.7 Å². The monoisotopic (exact) mass is 422 g/mol. The molecule has 4 aromatic rings. The molecule has 3 heterocycles.